The van der Waals surface area contributed by atoms with Gasteiger partial charge in [0.2, 0.25) is 0 Å². The Labute approximate surface area is 102 Å². The van der Waals surface area contributed by atoms with Crippen LogP contribution in [0.15, 0.2) is 30.3 Å². The van der Waals surface area contributed by atoms with Crippen LogP contribution in [0.4, 0.5) is 0 Å². The second kappa shape index (κ2) is 7.36. The molecular formula is C8H14INSn. The number of halogens is 1. The van der Waals surface area contributed by atoms with Crippen molar-refractivity contribution in [1.82, 2.24) is 0 Å². The molecule has 62 valence electrons. The molecule has 3 N–H and O–H groups in total. The Morgan fingerprint density at radius 2 is 1.64 bits per heavy atom. The van der Waals surface area contributed by atoms with Crippen molar-refractivity contribution in [1.29, 1.82) is 0 Å². The fourth-order valence-electron chi connectivity index (χ4n) is 0.782. The third-order valence-corrected chi connectivity index (χ3v) is 1.37. The molecule has 0 saturated heterocycles. The molecule has 1 atom stereocenters. The van der Waals surface area contributed by atoms with Crippen molar-refractivity contribution in [3.8, 4) is 0 Å². The molecule has 3 heteroatoms. The van der Waals surface area contributed by atoms with Crippen LogP contribution in [0.5, 0.6) is 0 Å². The van der Waals surface area contributed by atoms with Crippen molar-refractivity contribution in [2.24, 2.45) is 0 Å². The maximum atomic E-state index is 3.91. The van der Waals surface area contributed by atoms with Crippen LogP contribution in [-0.4, -0.2) is 23.9 Å². The molecule has 1 unspecified atom stereocenters. The summed E-state index contributed by atoms with van der Waals surface area (Å²) in [5, 5.41) is 0. The van der Waals surface area contributed by atoms with E-state index in [-0.39, 0.29) is 47.9 Å². The van der Waals surface area contributed by atoms with E-state index in [2.05, 4.69) is 24.8 Å². The zero-order valence-corrected chi connectivity index (χ0v) is 13.0. The van der Waals surface area contributed by atoms with Gasteiger partial charge in [0.15, 0.2) is 0 Å². The standard InChI is InChI=1S/C8H11N.HI.Sn.2H/c1-7(9)8-5-3-2-4-6-8;;;;/h2-7H,9H2,1H3;1H;;;. The zero-order chi connectivity index (χ0) is 6.69. The van der Waals surface area contributed by atoms with Crippen LogP contribution in [0.2, 0.25) is 0 Å². The van der Waals surface area contributed by atoms with E-state index in [9.17, 15) is 0 Å². The number of rotatable bonds is 1. The fourth-order valence-corrected chi connectivity index (χ4v) is 0.782. The molecule has 0 heterocycles. The average Bonchev–Trinajstić information content (AvgIpc) is 1.90. The van der Waals surface area contributed by atoms with Gasteiger partial charge in [-0.1, -0.05) is 30.3 Å². The molecule has 0 bridgehead atoms. The third-order valence-electron chi connectivity index (χ3n) is 1.37. The minimum atomic E-state index is 0. The maximum absolute atomic E-state index is 3.91. The first-order chi connectivity index (χ1) is 4.30. The van der Waals surface area contributed by atoms with E-state index in [0.29, 0.717) is 6.04 Å². The van der Waals surface area contributed by atoms with E-state index < -0.39 is 0 Å². The molecule has 0 amide bonds. The predicted octanol–water partition coefficient (Wildman–Crippen LogP) is -2.92. The van der Waals surface area contributed by atoms with Gasteiger partial charge in [-0.05, 0) is 6.92 Å². The summed E-state index contributed by atoms with van der Waals surface area (Å²) in [6.45, 7) is 2.09. The van der Waals surface area contributed by atoms with Gasteiger partial charge in [-0.2, -0.15) is 0 Å². The Kier molecular flexibility index (Phi) is 9.53. The van der Waals surface area contributed by atoms with E-state index in [4.69, 9.17) is 0 Å². The van der Waals surface area contributed by atoms with Gasteiger partial charge >= 0.3 is 23.9 Å². The SMILES string of the molecule is CC([NH3+])c1ccccc1.[I-].[SnH2]. The van der Waals surface area contributed by atoms with Crippen molar-refractivity contribution in [2.45, 2.75) is 13.0 Å². The van der Waals surface area contributed by atoms with Gasteiger partial charge in [-0.15, -0.1) is 0 Å². The summed E-state index contributed by atoms with van der Waals surface area (Å²) in [7, 11) is 0. The summed E-state index contributed by atoms with van der Waals surface area (Å²) in [6.07, 6.45) is 0. The molecule has 1 aromatic carbocycles. The normalized spacial score (nSPS) is 10.7. The van der Waals surface area contributed by atoms with Crippen molar-refractivity contribution in [2.75, 3.05) is 0 Å². The third kappa shape index (κ3) is 5.03. The van der Waals surface area contributed by atoms with Crippen LogP contribution in [0.1, 0.15) is 18.5 Å². The van der Waals surface area contributed by atoms with E-state index in [1.165, 1.54) is 5.56 Å². The summed E-state index contributed by atoms with van der Waals surface area (Å²) >= 11 is 0. The molecule has 0 fully saturated rings. The Balaban J connectivity index is 0. The molecule has 0 spiro atoms. The van der Waals surface area contributed by atoms with Crippen molar-refractivity contribution in [3.63, 3.8) is 0 Å². The van der Waals surface area contributed by atoms with Gasteiger partial charge in [0, 0.05) is 5.56 Å². The minimum absolute atomic E-state index is 0. The van der Waals surface area contributed by atoms with E-state index in [0.717, 1.165) is 0 Å². The van der Waals surface area contributed by atoms with Crippen molar-refractivity contribution >= 4 is 23.9 Å². The molecule has 1 rings (SSSR count). The average molecular weight is 370 g/mol. The molecule has 0 aliphatic heterocycles. The number of hydrogen-bond acceptors (Lipinski definition) is 0. The number of quaternary nitrogens is 1. The van der Waals surface area contributed by atoms with Gasteiger partial charge in [-0.3, -0.25) is 0 Å². The molecule has 1 nitrogen and oxygen atoms in total. The second-order valence-electron chi connectivity index (χ2n) is 2.31. The molecule has 0 aromatic heterocycles. The Morgan fingerprint density at radius 1 is 1.18 bits per heavy atom. The first-order valence-electron chi connectivity index (χ1n) is 3.18. The first-order valence-corrected chi connectivity index (χ1v) is 3.18. The zero-order valence-electron chi connectivity index (χ0n) is 6.76. The van der Waals surface area contributed by atoms with Crippen LogP contribution in [0.25, 0.3) is 0 Å². The van der Waals surface area contributed by atoms with Gasteiger partial charge in [0.1, 0.15) is 6.04 Å². The van der Waals surface area contributed by atoms with E-state index >= 15 is 0 Å². The van der Waals surface area contributed by atoms with Gasteiger partial charge in [0.05, 0.1) is 0 Å². The van der Waals surface area contributed by atoms with Crippen LogP contribution >= 0.6 is 0 Å². The van der Waals surface area contributed by atoms with Crippen LogP contribution in [0.3, 0.4) is 0 Å². The molecule has 0 aliphatic rings. The monoisotopic (exact) mass is 371 g/mol. The molecule has 0 aliphatic carbocycles. The van der Waals surface area contributed by atoms with E-state index in [1.807, 2.05) is 18.2 Å². The number of hydrogen-bond donors (Lipinski definition) is 1. The topological polar surface area (TPSA) is 27.6 Å². The van der Waals surface area contributed by atoms with Crippen LogP contribution < -0.4 is 29.7 Å². The summed E-state index contributed by atoms with van der Waals surface area (Å²) in [5.41, 5.74) is 5.21. The molecular weight excluding hydrogens is 356 g/mol. The molecule has 11 heavy (non-hydrogen) atoms. The first kappa shape index (κ1) is 14.2. The Bertz CT molecular complexity index is 177. The molecule has 0 saturated carbocycles. The quantitative estimate of drug-likeness (QED) is 0.406. The van der Waals surface area contributed by atoms with Crippen LogP contribution in [-0.2, 0) is 0 Å². The number of benzene rings is 1. The van der Waals surface area contributed by atoms with Crippen molar-refractivity contribution in [3.05, 3.63) is 35.9 Å². The summed E-state index contributed by atoms with van der Waals surface area (Å²) < 4.78 is 0. The second-order valence-corrected chi connectivity index (χ2v) is 2.31. The van der Waals surface area contributed by atoms with Crippen LogP contribution in [0, 0.1) is 0 Å². The fraction of sp³-hybridized carbons (Fsp3) is 0.250. The van der Waals surface area contributed by atoms with Crippen molar-refractivity contribution < 1.29 is 29.7 Å². The summed E-state index contributed by atoms with van der Waals surface area (Å²) in [6, 6.07) is 10.7. The Hall–Kier alpha value is 0.709. The van der Waals surface area contributed by atoms with Gasteiger partial charge in [-0.25, -0.2) is 0 Å². The predicted molar refractivity (Wildman–Crippen MR) is 46.3 cm³/mol. The van der Waals surface area contributed by atoms with Gasteiger partial charge in [0.25, 0.3) is 0 Å². The van der Waals surface area contributed by atoms with Gasteiger partial charge < -0.3 is 29.7 Å². The summed E-state index contributed by atoms with van der Waals surface area (Å²) in [4.78, 5) is 0. The van der Waals surface area contributed by atoms with E-state index in [1.54, 1.807) is 0 Å². The summed E-state index contributed by atoms with van der Waals surface area (Å²) in [5.74, 6) is 0. The Morgan fingerprint density at radius 3 is 1.91 bits per heavy atom. The molecule has 1 aromatic rings. The molecule has 2 radical (unpaired) electrons.